The number of carbonyl (C=O) groups excluding carboxylic acids is 1. The van der Waals surface area contributed by atoms with Gasteiger partial charge in [-0.1, -0.05) is 13.3 Å². The summed E-state index contributed by atoms with van der Waals surface area (Å²) in [5, 5.41) is 6.78. The number of nitrogens with one attached hydrogen (secondary N) is 2. The molecule has 118 valence electrons. The Balaban J connectivity index is 1.37. The molecule has 4 rings (SSSR count). The number of ether oxygens (including phenoxy) is 1. The average Bonchev–Trinajstić information content (AvgIpc) is 3.20. The standard InChI is InChI=1S/C17H28N2O2/c1-2-18-16-9-21-8-14(16)17(20)19-15-7-10-6-13(15)12-5-3-4-11(10)12/h10-16,18H,2-9H2,1H3,(H,19,20). The van der Waals surface area contributed by atoms with Crippen molar-refractivity contribution in [2.45, 2.75) is 51.1 Å². The van der Waals surface area contributed by atoms with Crippen LogP contribution in [0.1, 0.15) is 39.0 Å². The van der Waals surface area contributed by atoms with Crippen LogP contribution in [-0.2, 0) is 9.53 Å². The molecule has 4 aliphatic rings. The van der Waals surface area contributed by atoms with Crippen LogP contribution in [0.2, 0.25) is 0 Å². The lowest BCUT2D eigenvalue weighted by atomic mass is 9.79. The largest absolute Gasteiger partial charge is 0.379 e. The van der Waals surface area contributed by atoms with Crippen LogP contribution in [0.4, 0.5) is 0 Å². The van der Waals surface area contributed by atoms with Gasteiger partial charge in [-0.2, -0.15) is 0 Å². The quantitative estimate of drug-likeness (QED) is 0.826. The molecule has 0 radical (unpaired) electrons. The molecule has 0 spiro atoms. The van der Waals surface area contributed by atoms with Gasteiger partial charge >= 0.3 is 0 Å². The first-order chi connectivity index (χ1) is 10.3. The Hall–Kier alpha value is -0.610. The van der Waals surface area contributed by atoms with Crippen molar-refractivity contribution < 1.29 is 9.53 Å². The molecule has 2 N–H and O–H groups in total. The van der Waals surface area contributed by atoms with Crippen LogP contribution in [-0.4, -0.2) is 37.7 Å². The number of fused-ring (bicyclic) bond motifs is 5. The van der Waals surface area contributed by atoms with E-state index >= 15 is 0 Å². The highest BCUT2D eigenvalue weighted by molar-refractivity contribution is 5.80. The van der Waals surface area contributed by atoms with Crippen LogP contribution in [0.15, 0.2) is 0 Å². The zero-order valence-corrected chi connectivity index (χ0v) is 13.0. The first kappa shape index (κ1) is 14.0. The summed E-state index contributed by atoms with van der Waals surface area (Å²) in [5.74, 6) is 3.81. The number of likely N-dealkylation sites (N-methyl/N-ethyl adjacent to an activating group) is 1. The fourth-order valence-electron chi connectivity index (χ4n) is 5.80. The van der Waals surface area contributed by atoms with Gasteiger partial charge in [-0.3, -0.25) is 4.79 Å². The zero-order valence-electron chi connectivity index (χ0n) is 13.0. The SMILES string of the molecule is CCNC1COCC1C(=O)NC1CC2CC1C1CCCC21. The Labute approximate surface area is 127 Å². The van der Waals surface area contributed by atoms with Gasteiger partial charge in [0.1, 0.15) is 0 Å². The molecule has 2 bridgehead atoms. The van der Waals surface area contributed by atoms with Crippen molar-refractivity contribution >= 4 is 5.91 Å². The third-order valence-corrected chi connectivity index (χ3v) is 6.64. The lowest BCUT2D eigenvalue weighted by Gasteiger charge is -2.33. The molecule has 0 aromatic rings. The van der Waals surface area contributed by atoms with E-state index in [1.807, 2.05) is 0 Å². The van der Waals surface area contributed by atoms with Gasteiger partial charge in [0.25, 0.3) is 0 Å². The molecular weight excluding hydrogens is 264 g/mol. The van der Waals surface area contributed by atoms with Crippen LogP contribution < -0.4 is 10.6 Å². The Kier molecular flexibility index (Phi) is 3.70. The normalized spacial score (nSPS) is 47.8. The minimum absolute atomic E-state index is 0.00320. The van der Waals surface area contributed by atoms with Gasteiger partial charge in [-0.25, -0.2) is 0 Å². The summed E-state index contributed by atoms with van der Waals surface area (Å²) >= 11 is 0. The number of carbonyl (C=O) groups is 1. The van der Waals surface area contributed by atoms with Gasteiger partial charge < -0.3 is 15.4 Å². The minimum Gasteiger partial charge on any atom is -0.379 e. The van der Waals surface area contributed by atoms with Crippen molar-refractivity contribution in [1.82, 2.24) is 10.6 Å². The van der Waals surface area contributed by atoms with E-state index in [-0.39, 0.29) is 17.9 Å². The monoisotopic (exact) mass is 292 g/mol. The maximum Gasteiger partial charge on any atom is 0.227 e. The van der Waals surface area contributed by atoms with Crippen LogP contribution in [0, 0.1) is 29.6 Å². The van der Waals surface area contributed by atoms with Crippen molar-refractivity contribution in [3.8, 4) is 0 Å². The fourth-order valence-corrected chi connectivity index (χ4v) is 5.80. The highest BCUT2D eigenvalue weighted by atomic mass is 16.5. The van der Waals surface area contributed by atoms with E-state index in [1.165, 1.54) is 32.1 Å². The summed E-state index contributed by atoms with van der Waals surface area (Å²) in [5.41, 5.74) is 0. The van der Waals surface area contributed by atoms with E-state index in [0.29, 0.717) is 19.3 Å². The summed E-state index contributed by atoms with van der Waals surface area (Å²) in [6, 6.07) is 0.651. The van der Waals surface area contributed by atoms with Gasteiger partial charge in [-0.15, -0.1) is 0 Å². The smallest absolute Gasteiger partial charge is 0.227 e. The van der Waals surface area contributed by atoms with E-state index in [9.17, 15) is 4.79 Å². The second-order valence-corrected chi connectivity index (χ2v) is 7.58. The first-order valence-corrected chi connectivity index (χ1v) is 8.89. The number of hydrogen-bond acceptors (Lipinski definition) is 3. The van der Waals surface area contributed by atoms with E-state index in [0.717, 1.165) is 30.2 Å². The molecule has 1 aliphatic heterocycles. The molecule has 4 fully saturated rings. The fraction of sp³-hybridized carbons (Fsp3) is 0.941. The molecule has 4 nitrogen and oxygen atoms in total. The topological polar surface area (TPSA) is 50.4 Å². The van der Waals surface area contributed by atoms with Gasteiger partial charge in [0, 0.05) is 12.1 Å². The molecule has 21 heavy (non-hydrogen) atoms. The second kappa shape index (κ2) is 5.54. The van der Waals surface area contributed by atoms with Crippen LogP contribution >= 0.6 is 0 Å². The lowest BCUT2D eigenvalue weighted by Crippen LogP contribution is -2.49. The van der Waals surface area contributed by atoms with Gasteiger partial charge in [0.2, 0.25) is 5.91 Å². The summed E-state index contributed by atoms with van der Waals surface area (Å²) in [4.78, 5) is 12.6. The molecule has 0 aromatic heterocycles. The Morgan fingerprint density at radius 2 is 1.95 bits per heavy atom. The van der Waals surface area contributed by atoms with Crippen LogP contribution in [0.25, 0.3) is 0 Å². The van der Waals surface area contributed by atoms with Gasteiger partial charge in [0.15, 0.2) is 0 Å². The van der Waals surface area contributed by atoms with Crippen LogP contribution in [0.3, 0.4) is 0 Å². The van der Waals surface area contributed by atoms with Crippen molar-refractivity contribution in [3.63, 3.8) is 0 Å². The second-order valence-electron chi connectivity index (χ2n) is 7.58. The summed E-state index contributed by atoms with van der Waals surface area (Å²) < 4.78 is 5.52. The summed E-state index contributed by atoms with van der Waals surface area (Å²) in [6.07, 6.45) is 6.88. The van der Waals surface area contributed by atoms with Gasteiger partial charge in [-0.05, 0) is 55.9 Å². The zero-order chi connectivity index (χ0) is 14.4. The molecule has 4 heteroatoms. The number of hydrogen-bond donors (Lipinski definition) is 2. The molecule has 3 aliphatic carbocycles. The summed E-state index contributed by atoms with van der Waals surface area (Å²) in [7, 11) is 0. The molecule has 3 saturated carbocycles. The molecular formula is C17H28N2O2. The maximum atomic E-state index is 12.6. The number of rotatable bonds is 4. The Morgan fingerprint density at radius 3 is 2.81 bits per heavy atom. The average molecular weight is 292 g/mol. The lowest BCUT2D eigenvalue weighted by molar-refractivity contribution is -0.126. The van der Waals surface area contributed by atoms with Crippen molar-refractivity contribution in [1.29, 1.82) is 0 Å². The summed E-state index contributed by atoms with van der Waals surface area (Å²) in [6.45, 7) is 4.24. The molecule has 7 unspecified atom stereocenters. The first-order valence-electron chi connectivity index (χ1n) is 8.89. The predicted octanol–water partition coefficient (Wildman–Crippen LogP) is 1.55. The van der Waals surface area contributed by atoms with E-state index in [1.54, 1.807) is 0 Å². The molecule has 7 atom stereocenters. The third kappa shape index (κ3) is 2.31. The minimum atomic E-state index is 0.00320. The third-order valence-electron chi connectivity index (χ3n) is 6.64. The molecule has 0 aromatic carbocycles. The highest BCUT2D eigenvalue weighted by Crippen LogP contribution is 2.58. The maximum absolute atomic E-state index is 12.6. The van der Waals surface area contributed by atoms with Crippen molar-refractivity contribution in [2.75, 3.05) is 19.8 Å². The molecule has 1 saturated heterocycles. The van der Waals surface area contributed by atoms with E-state index in [2.05, 4.69) is 17.6 Å². The van der Waals surface area contributed by atoms with Crippen molar-refractivity contribution in [2.24, 2.45) is 29.6 Å². The Bertz CT molecular complexity index is 414. The van der Waals surface area contributed by atoms with Crippen molar-refractivity contribution in [3.05, 3.63) is 0 Å². The van der Waals surface area contributed by atoms with E-state index in [4.69, 9.17) is 4.74 Å². The highest BCUT2D eigenvalue weighted by Gasteiger charge is 2.54. The van der Waals surface area contributed by atoms with E-state index < -0.39 is 0 Å². The van der Waals surface area contributed by atoms with Gasteiger partial charge in [0.05, 0.1) is 19.1 Å². The van der Waals surface area contributed by atoms with Crippen LogP contribution in [0.5, 0.6) is 0 Å². The Morgan fingerprint density at radius 1 is 1.10 bits per heavy atom. The molecule has 1 amide bonds. The molecule has 1 heterocycles. The predicted molar refractivity (Wildman–Crippen MR) is 80.7 cm³/mol. The number of amides is 1.